The molecule has 0 radical (unpaired) electrons. The zero-order valence-electron chi connectivity index (χ0n) is 15.1. The number of hydrogen-bond donors (Lipinski definition) is 2. The highest BCUT2D eigenvalue weighted by Crippen LogP contribution is 2.25. The highest BCUT2D eigenvalue weighted by atomic mass is 32.2. The molecule has 1 amide bonds. The molecule has 0 aliphatic rings. The molecule has 8 heteroatoms. The van der Waals surface area contributed by atoms with Gasteiger partial charge < -0.3 is 11.1 Å². The van der Waals surface area contributed by atoms with Crippen molar-refractivity contribution in [2.45, 2.75) is 31.0 Å². The first-order chi connectivity index (χ1) is 12.4. The maximum absolute atomic E-state index is 12.5. The third-order valence-corrected chi connectivity index (χ3v) is 7.71. The van der Waals surface area contributed by atoms with Gasteiger partial charge in [-0.1, -0.05) is 26.0 Å². The second-order valence-corrected chi connectivity index (χ2v) is 9.05. The molecular weight excluding hydrogens is 370 g/mol. The molecule has 0 unspecified atom stereocenters. The van der Waals surface area contributed by atoms with Gasteiger partial charge in [0.2, 0.25) is 0 Å². The predicted octanol–water partition coefficient (Wildman–Crippen LogP) is 2.21. The van der Waals surface area contributed by atoms with Gasteiger partial charge in [-0.25, -0.2) is 8.42 Å². The van der Waals surface area contributed by atoms with Crippen LogP contribution < -0.4 is 11.1 Å². The fourth-order valence-electron chi connectivity index (χ4n) is 2.52. The lowest BCUT2D eigenvalue weighted by Crippen LogP contribution is -2.29. The fourth-order valence-corrected chi connectivity index (χ4v) is 5.48. The molecule has 0 aliphatic carbocycles. The molecular formula is C18H25N3O3S2. The van der Waals surface area contributed by atoms with Crippen LogP contribution in [0.1, 0.15) is 34.6 Å². The summed E-state index contributed by atoms with van der Waals surface area (Å²) in [5.74, 6) is -0.152. The Morgan fingerprint density at radius 3 is 2.35 bits per heavy atom. The van der Waals surface area contributed by atoms with E-state index in [9.17, 15) is 13.2 Å². The van der Waals surface area contributed by atoms with E-state index in [1.807, 2.05) is 32.0 Å². The van der Waals surface area contributed by atoms with E-state index in [1.165, 1.54) is 15.6 Å². The number of amides is 1. The van der Waals surface area contributed by atoms with Crippen molar-refractivity contribution in [3.05, 3.63) is 52.4 Å². The third kappa shape index (κ3) is 4.91. The van der Waals surface area contributed by atoms with Gasteiger partial charge in [0.15, 0.2) is 0 Å². The molecule has 0 fully saturated rings. The first kappa shape index (κ1) is 20.6. The van der Waals surface area contributed by atoms with Crippen LogP contribution in [0.4, 0.5) is 0 Å². The Morgan fingerprint density at radius 2 is 1.77 bits per heavy atom. The summed E-state index contributed by atoms with van der Waals surface area (Å²) in [7, 11) is -3.42. The summed E-state index contributed by atoms with van der Waals surface area (Å²) in [6.07, 6.45) is 0.588. The summed E-state index contributed by atoms with van der Waals surface area (Å²) in [6.45, 7) is 5.44. The molecule has 26 heavy (non-hydrogen) atoms. The molecule has 1 heterocycles. The second-order valence-electron chi connectivity index (χ2n) is 5.72. The smallest absolute Gasteiger partial charge is 0.252 e. The average molecular weight is 396 g/mol. The Hall–Kier alpha value is -1.74. The van der Waals surface area contributed by atoms with E-state index in [2.05, 4.69) is 5.32 Å². The summed E-state index contributed by atoms with van der Waals surface area (Å²) >= 11 is 1.26. The summed E-state index contributed by atoms with van der Waals surface area (Å²) in [6, 6.07) is 10.6. The van der Waals surface area contributed by atoms with Gasteiger partial charge in [-0.05, 0) is 36.2 Å². The van der Waals surface area contributed by atoms with E-state index in [-0.39, 0.29) is 5.91 Å². The van der Waals surface area contributed by atoms with Gasteiger partial charge >= 0.3 is 0 Å². The molecule has 1 aromatic carbocycles. The minimum absolute atomic E-state index is 0.152. The van der Waals surface area contributed by atoms with E-state index < -0.39 is 10.0 Å². The maximum Gasteiger partial charge on any atom is 0.252 e. The van der Waals surface area contributed by atoms with Crippen LogP contribution in [-0.4, -0.2) is 38.3 Å². The molecule has 0 spiro atoms. The van der Waals surface area contributed by atoms with Crippen LogP contribution in [0.5, 0.6) is 0 Å². The van der Waals surface area contributed by atoms with Crippen molar-refractivity contribution in [2.75, 3.05) is 19.6 Å². The highest BCUT2D eigenvalue weighted by Gasteiger charge is 2.23. The molecule has 3 N–H and O–H groups in total. The molecule has 2 aromatic rings. The van der Waals surface area contributed by atoms with Crippen LogP contribution in [-0.2, 0) is 23.0 Å². The summed E-state index contributed by atoms with van der Waals surface area (Å²) in [4.78, 5) is 13.0. The van der Waals surface area contributed by atoms with Crippen LogP contribution in [0, 0.1) is 0 Å². The van der Waals surface area contributed by atoms with Crippen LogP contribution in [0.15, 0.2) is 40.6 Å². The van der Waals surface area contributed by atoms with Crippen molar-refractivity contribution in [1.82, 2.24) is 9.62 Å². The maximum atomic E-state index is 12.5. The number of nitrogens with two attached hydrogens (primary N) is 1. The molecule has 142 valence electrons. The fraction of sp³-hybridized carbons (Fsp3) is 0.389. The Bertz CT molecular complexity index is 826. The lowest BCUT2D eigenvalue weighted by molar-refractivity contribution is 0.0954. The first-order valence-corrected chi connectivity index (χ1v) is 10.8. The standard InChI is InChI=1S/C18H25N3O3S2/c1-3-21(4-2)26(23,24)17-10-9-16(25-17)11-12-20-18(22)15-7-5-14(13-19)6-8-15/h5-10H,3-4,11-13,19H2,1-2H3,(H,20,22). The van der Waals surface area contributed by atoms with E-state index in [0.717, 1.165) is 10.4 Å². The first-order valence-electron chi connectivity index (χ1n) is 8.58. The van der Waals surface area contributed by atoms with Crippen molar-refractivity contribution < 1.29 is 13.2 Å². The van der Waals surface area contributed by atoms with E-state index in [1.54, 1.807) is 18.2 Å². The third-order valence-electron chi connectivity index (χ3n) is 4.05. The lowest BCUT2D eigenvalue weighted by atomic mass is 10.1. The number of carbonyl (C=O) groups is 1. The van der Waals surface area contributed by atoms with Gasteiger partial charge in [0.25, 0.3) is 15.9 Å². The van der Waals surface area contributed by atoms with Crippen LogP contribution in [0.2, 0.25) is 0 Å². The molecule has 0 bridgehead atoms. The van der Waals surface area contributed by atoms with Crippen LogP contribution in [0.25, 0.3) is 0 Å². The molecule has 0 saturated carbocycles. The minimum Gasteiger partial charge on any atom is -0.352 e. The van der Waals surface area contributed by atoms with Crippen molar-refractivity contribution in [1.29, 1.82) is 0 Å². The van der Waals surface area contributed by atoms with Gasteiger partial charge in [-0.3, -0.25) is 4.79 Å². The monoisotopic (exact) mass is 395 g/mol. The SMILES string of the molecule is CCN(CC)S(=O)(=O)c1ccc(CCNC(=O)c2ccc(CN)cc2)s1. The largest absolute Gasteiger partial charge is 0.352 e. The lowest BCUT2D eigenvalue weighted by Gasteiger charge is -2.16. The molecule has 1 aromatic heterocycles. The topological polar surface area (TPSA) is 92.5 Å². The number of nitrogens with one attached hydrogen (secondary N) is 1. The Morgan fingerprint density at radius 1 is 1.12 bits per heavy atom. The number of thiophene rings is 1. The van der Waals surface area contributed by atoms with E-state index in [0.29, 0.717) is 42.4 Å². The zero-order chi connectivity index (χ0) is 19.2. The van der Waals surface area contributed by atoms with Crippen LogP contribution in [0.3, 0.4) is 0 Å². The van der Waals surface area contributed by atoms with Crippen molar-refractivity contribution in [3.63, 3.8) is 0 Å². The van der Waals surface area contributed by atoms with Crippen molar-refractivity contribution in [2.24, 2.45) is 5.73 Å². The van der Waals surface area contributed by atoms with Crippen molar-refractivity contribution >= 4 is 27.3 Å². The second kappa shape index (κ2) is 9.27. The van der Waals surface area contributed by atoms with E-state index >= 15 is 0 Å². The minimum atomic E-state index is -3.42. The number of hydrogen-bond acceptors (Lipinski definition) is 5. The van der Waals surface area contributed by atoms with Crippen LogP contribution >= 0.6 is 11.3 Å². The van der Waals surface area contributed by atoms with Gasteiger partial charge in [0.1, 0.15) is 4.21 Å². The number of carbonyl (C=O) groups excluding carboxylic acids is 1. The Labute approximate surface area is 159 Å². The predicted molar refractivity (Wildman–Crippen MR) is 105 cm³/mol. The van der Waals surface area contributed by atoms with E-state index in [4.69, 9.17) is 5.73 Å². The number of nitrogens with zero attached hydrogens (tertiary/aromatic N) is 1. The Balaban J connectivity index is 1.92. The molecule has 0 saturated heterocycles. The quantitative estimate of drug-likeness (QED) is 0.681. The molecule has 6 nitrogen and oxygen atoms in total. The number of rotatable bonds is 9. The summed E-state index contributed by atoms with van der Waals surface area (Å²) in [5.41, 5.74) is 7.10. The number of sulfonamides is 1. The zero-order valence-corrected chi connectivity index (χ0v) is 16.7. The Kier molecular flexibility index (Phi) is 7.33. The van der Waals surface area contributed by atoms with Gasteiger partial charge in [-0.15, -0.1) is 11.3 Å². The summed E-state index contributed by atoms with van der Waals surface area (Å²) < 4.78 is 26.8. The van der Waals surface area contributed by atoms with Crippen molar-refractivity contribution in [3.8, 4) is 0 Å². The van der Waals surface area contributed by atoms with Gasteiger partial charge in [0.05, 0.1) is 0 Å². The molecule has 2 rings (SSSR count). The van der Waals surface area contributed by atoms with Gasteiger partial charge in [0, 0.05) is 36.6 Å². The molecule has 0 aliphatic heterocycles. The normalized spacial score (nSPS) is 11.7. The molecule has 0 atom stereocenters. The average Bonchev–Trinajstić information content (AvgIpc) is 3.12. The highest BCUT2D eigenvalue weighted by molar-refractivity contribution is 7.91. The number of benzene rings is 1. The van der Waals surface area contributed by atoms with Gasteiger partial charge in [-0.2, -0.15) is 4.31 Å². The summed E-state index contributed by atoms with van der Waals surface area (Å²) in [5, 5.41) is 2.85.